The van der Waals surface area contributed by atoms with Gasteiger partial charge >= 0.3 is 0 Å². The Morgan fingerprint density at radius 3 is 2.52 bits per heavy atom. The molecular weight excluding hydrogens is 290 g/mol. The molecule has 1 aromatic heterocycles. The van der Waals surface area contributed by atoms with Crippen LogP contribution in [0.1, 0.15) is 34.5 Å². The summed E-state index contributed by atoms with van der Waals surface area (Å²) in [5, 5.41) is 14.0. The molecule has 1 N–H and O–H groups in total. The smallest absolute Gasteiger partial charge is 0.251 e. The van der Waals surface area contributed by atoms with Crippen molar-refractivity contribution in [2.24, 2.45) is 0 Å². The van der Waals surface area contributed by atoms with E-state index in [1.54, 1.807) is 12.1 Å². The number of hydrogen-bond donors (Lipinski definition) is 1. The normalized spacial score (nSPS) is 11.9. The van der Waals surface area contributed by atoms with Gasteiger partial charge in [0.25, 0.3) is 5.91 Å². The summed E-state index contributed by atoms with van der Waals surface area (Å²) < 4.78 is 1.54. The molecule has 0 bridgehead atoms. The Kier molecular flexibility index (Phi) is 4.14. The van der Waals surface area contributed by atoms with Gasteiger partial charge in [0.1, 0.15) is 6.33 Å². The highest BCUT2D eigenvalue weighted by atomic mass is 16.1. The second-order valence-electron chi connectivity index (χ2n) is 5.35. The fraction of sp³-hybridized carbons (Fsp3) is 0.176. The van der Waals surface area contributed by atoms with Gasteiger partial charge in [-0.2, -0.15) is 0 Å². The third-order valence-electron chi connectivity index (χ3n) is 3.75. The van der Waals surface area contributed by atoms with Gasteiger partial charge in [0, 0.05) is 5.56 Å². The van der Waals surface area contributed by atoms with E-state index in [0.717, 1.165) is 16.8 Å². The van der Waals surface area contributed by atoms with Crippen molar-refractivity contribution < 1.29 is 4.79 Å². The summed E-state index contributed by atoms with van der Waals surface area (Å²) >= 11 is 0. The van der Waals surface area contributed by atoms with E-state index in [9.17, 15) is 4.79 Å². The maximum Gasteiger partial charge on any atom is 0.251 e. The molecule has 0 saturated carbocycles. The minimum absolute atomic E-state index is 0.0529. The zero-order chi connectivity index (χ0) is 16.2. The Morgan fingerprint density at radius 2 is 1.87 bits per heavy atom. The van der Waals surface area contributed by atoms with Gasteiger partial charge in [-0.3, -0.25) is 4.79 Å². The van der Waals surface area contributed by atoms with E-state index in [-0.39, 0.29) is 11.9 Å². The summed E-state index contributed by atoms with van der Waals surface area (Å²) in [6, 6.07) is 15.1. The van der Waals surface area contributed by atoms with E-state index in [1.165, 1.54) is 11.0 Å². The van der Waals surface area contributed by atoms with Crippen molar-refractivity contribution >= 4 is 5.91 Å². The number of nitrogens with one attached hydrogen (secondary N) is 1. The highest BCUT2D eigenvalue weighted by molar-refractivity contribution is 5.94. The maximum absolute atomic E-state index is 12.4. The fourth-order valence-corrected chi connectivity index (χ4v) is 2.48. The lowest BCUT2D eigenvalue weighted by atomic mass is 10.0. The van der Waals surface area contributed by atoms with E-state index in [2.05, 4.69) is 20.8 Å². The van der Waals surface area contributed by atoms with Crippen LogP contribution in [-0.4, -0.2) is 26.1 Å². The van der Waals surface area contributed by atoms with Crippen LogP contribution in [0.15, 0.2) is 54.9 Å². The molecule has 6 heteroatoms. The fourth-order valence-electron chi connectivity index (χ4n) is 2.48. The van der Waals surface area contributed by atoms with Crippen molar-refractivity contribution in [2.75, 3.05) is 0 Å². The lowest BCUT2D eigenvalue weighted by Crippen LogP contribution is -2.27. The molecule has 3 aromatic rings. The average Bonchev–Trinajstić information content (AvgIpc) is 3.09. The quantitative estimate of drug-likeness (QED) is 0.803. The second-order valence-corrected chi connectivity index (χ2v) is 5.35. The highest BCUT2D eigenvalue weighted by Crippen LogP contribution is 2.17. The van der Waals surface area contributed by atoms with Crippen molar-refractivity contribution in [1.82, 2.24) is 25.5 Å². The predicted octanol–water partition coefficient (Wildman–Crippen LogP) is 2.46. The minimum Gasteiger partial charge on any atom is -0.346 e. The van der Waals surface area contributed by atoms with Gasteiger partial charge in [-0.05, 0) is 59.7 Å². The zero-order valence-electron chi connectivity index (χ0n) is 13.0. The van der Waals surface area contributed by atoms with Crippen LogP contribution in [-0.2, 0) is 0 Å². The summed E-state index contributed by atoms with van der Waals surface area (Å²) in [7, 11) is 0. The van der Waals surface area contributed by atoms with Gasteiger partial charge in [-0.25, -0.2) is 4.68 Å². The third-order valence-corrected chi connectivity index (χ3v) is 3.75. The van der Waals surface area contributed by atoms with E-state index in [1.807, 2.05) is 50.2 Å². The van der Waals surface area contributed by atoms with E-state index in [4.69, 9.17) is 0 Å². The van der Waals surface area contributed by atoms with Gasteiger partial charge in [0.2, 0.25) is 0 Å². The van der Waals surface area contributed by atoms with Gasteiger partial charge < -0.3 is 5.32 Å². The number of nitrogens with zero attached hydrogens (tertiary/aromatic N) is 4. The van der Waals surface area contributed by atoms with Gasteiger partial charge in [-0.15, -0.1) is 5.10 Å². The number of tetrazole rings is 1. The lowest BCUT2D eigenvalue weighted by Gasteiger charge is -2.16. The van der Waals surface area contributed by atoms with Crippen LogP contribution in [0.25, 0.3) is 5.69 Å². The molecule has 0 fully saturated rings. The van der Waals surface area contributed by atoms with Crippen LogP contribution in [0.5, 0.6) is 0 Å². The van der Waals surface area contributed by atoms with Crippen molar-refractivity contribution in [3.63, 3.8) is 0 Å². The van der Waals surface area contributed by atoms with Crippen LogP contribution in [0, 0.1) is 6.92 Å². The molecule has 0 aliphatic carbocycles. The Labute approximate surface area is 134 Å². The monoisotopic (exact) mass is 307 g/mol. The average molecular weight is 307 g/mol. The first-order valence-electron chi connectivity index (χ1n) is 7.35. The Bertz CT molecular complexity index is 796. The number of rotatable bonds is 4. The van der Waals surface area contributed by atoms with Crippen molar-refractivity contribution in [2.45, 2.75) is 19.9 Å². The van der Waals surface area contributed by atoms with Crippen molar-refractivity contribution in [3.8, 4) is 5.69 Å². The molecule has 0 radical (unpaired) electrons. The van der Waals surface area contributed by atoms with Crippen LogP contribution < -0.4 is 5.32 Å². The van der Waals surface area contributed by atoms with E-state index < -0.39 is 0 Å². The molecule has 23 heavy (non-hydrogen) atoms. The SMILES string of the molecule is Cc1ccccc1C(C)NC(=O)c1ccc(-n2cnnn2)cc1. The zero-order valence-corrected chi connectivity index (χ0v) is 13.0. The summed E-state index contributed by atoms with van der Waals surface area (Å²) in [6.45, 7) is 4.02. The van der Waals surface area contributed by atoms with E-state index in [0.29, 0.717) is 5.56 Å². The number of benzene rings is 2. The first-order chi connectivity index (χ1) is 11.1. The molecule has 0 saturated heterocycles. The van der Waals surface area contributed by atoms with Crippen LogP contribution in [0.4, 0.5) is 0 Å². The molecule has 3 rings (SSSR count). The highest BCUT2D eigenvalue weighted by Gasteiger charge is 2.13. The number of aryl methyl sites for hydroxylation is 1. The third kappa shape index (κ3) is 3.26. The number of carbonyl (C=O) groups excluding carboxylic acids is 1. The van der Waals surface area contributed by atoms with Gasteiger partial charge in [0.15, 0.2) is 0 Å². The predicted molar refractivity (Wildman–Crippen MR) is 86.2 cm³/mol. The molecule has 116 valence electrons. The molecular formula is C17H17N5O. The summed E-state index contributed by atoms with van der Waals surface area (Å²) in [5.41, 5.74) is 3.68. The molecule has 0 spiro atoms. The Balaban J connectivity index is 1.72. The molecule has 1 atom stereocenters. The first kappa shape index (κ1) is 14.9. The summed E-state index contributed by atoms with van der Waals surface area (Å²) in [6.07, 6.45) is 1.51. The largest absolute Gasteiger partial charge is 0.346 e. The number of hydrogen-bond acceptors (Lipinski definition) is 4. The first-order valence-corrected chi connectivity index (χ1v) is 7.35. The Hall–Kier alpha value is -3.02. The summed E-state index contributed by atoms with van der Waals surface area (Å²) in [4.78, 5) is 12.4. The van der Waals surface area contributed by atoms with Gasteiger partial charge in [0.05, 0.1) is 11.7 Å². The molecule has 2 aromatic carbocycles. The lowest BCUT2D eigenvalue weighted by molar-refractivity contribution is 0.0940. The number of carbonyl (C=O) groups is 1. The Morgan fingerprint density at radius 1 is 1.13 bits per heavy atom. The van der Waals surface area contributed by atoms with Crippen molar-refractivity contribution in [3.05, 3.63) is 71.5 Å². The number of amides is 1. The molecule has 0 aliphatic heterocycles. The molecule has 1 heterocycles. The second kappa shape index (κ2) is 6.39. The molecule has 0 aliphatic rings. The van der Waals surface area contributed by atoms with Crippen LogP contribution >= 0.6 is 0 Å². The topological polar surface area (TPSA) is 72.7 Å². The molecule has 1 amide bonds. The van der Waals surface area contributed by atoms with Crippen LogP contribution in [0.2, 0.25) is 0 Å². The van der Waals surface area contributed by atoms with Crippen LogP contribution in [0.3, 0.4) is 0 Å². The summed E-state index contributed by atoms with van der Waals surface area (Å²) in [5.74, 6) is -0.107. The number of aromatic nitrogens is 4. The standard InChI is InChI=1S/C17H17N5O/c1-12-5-3-4-6-16(12)13(2)19-17(23)14-7-9-15(10-8-14)22-11-18-20-21-22/h3-11,13H,1-2H3,(H,19,23). The van der Waals surface area contributed by atoms with E-state index >= 15 is 0 Å². The van der Waals surface area contributed by atoms with Gasteiger partial charge in [-0.1, -0.05) is 24.3 Å². The molecule has 6 nitrogen and oxygen atoms in total. The maximum atomic E-state index is 12.4. The molecule has 1 unspecified atom stereocenters. The minimum atomic E-state index is -0.107. The van der Waals surface area contributed by atoms with Crippen molar-refractivity contribution in [1.29, 1.82) is 0 Å².